The van der Waals surface area contributed by atoms with Crippen LogP contribution in [0.2, 0.25) is 0 Å². The molecule has 19 heavy (non-hydrogen) atoms. The molecule has 3 nitrogen and oxygen atoms in total. The van der Waals surface area contributed by atoms with Crippen LogP contribution >= 0.6 is 15.9 Å². The minimum absolute atomic E-state index is 0.0980. The molecule has 0 aliphatic carbocycles. The minimum atomic E-state index is 0.0980. The molecule has 1 aromatic heterocycles. The van der Waals surface area contributed by atoms with Gasteiger partial charge in [-0.1, -0.05) is 34.1 Å². The van der Waals surface area contributed by atoms with Crippen LogP contribution in [0.25, 0.3) is 0 Å². The van der Waals surface area contributed by atoms with Crippen molar-refractivity contribution in [1.29, 1.82) is 0 Å². The zero-order chi connectivity index (χ0) is 13.8. The second kappa shape index (κ2) is 6.37. The predicted octanol–water partition coefficient (Wildman–Crippen LogP) is 3.48. The molecule has 0 aliphatic heterocycles. The van der Waals surface area contributed by atoms with Crippen molar-refractivity contribution in [3.8, 4) is 0 Å². The monoisotopic (exact) mass is 322 g/mol. The highest BCUT2D eigenvalue weighted by Gasteiger charge is 2.19. The second-order valence-electron chi connectivity index (χ2n) is 4.71. The van der Waals surface area contributed by atoms with Crippen molar-refractivity contribution >= 4 is 15.9 Å². The van der Waals surface area contributed by atoms with Gasteiger partial charge in [-0.25, -0.2) is 0 Å². The van der Waals surface area contributed by atoms with E-state index in [-0.39, 0.29) is 6.04 Å². The molecule has 0 bridgehead atoms. The SMILES string of the molecule is Cc1ccc(C(CN)N(C)Cc2ccccc2Br)o1. The number of hydrogen-bond donors (Lipinski definition) is 1. The summed E-state index contributed by atoms with van der Waals surface area (Å²) in [4.78, 5) is 2.21. The lowest BCUT2D eigenvalue weighted by molar-refractivity contribution is 0.211. The molecule has 0 aliphatic rings. The molecule has 2 rings (SSSR count). The molecule has 4 heteroatoms. The number of benzene rings is 1. The average Bonchev–Trinajstić information content (AvgIpc) is 2.80. The van der Waals surface area contributed by atoms with Crippen LogP contribution in [0.3, 0.4) is 0 Å². The molecule has 0 spiro atoms. The van der Waals surface area contributed by atoms with Gasteiger partial charge in [-0.15, -0.1) is 0 Å². The number of likely N-dealkylation sites (N-methyl/N-ethyl adjacent to an activating group) is 1. The number of aryl methyl sites for hydroxylation is 1. The molecule has 1 heterocycles. The Balaban J connectivity index is 2.13. The summed E-state index contributed by atoms with van der Waals surface area (Å²) < 4.78 is 6.81. The Bertz CT molecular complexity index is 538. The molecule has 0 saturated carbocycles. The van der Waals surface area contributed by atoms with Gasteiger partial charge in [0.15, 0.2) is 0 Å². The number of rotatable bonds is 5. The van der Waals surface area contributed by atoms with Crippen molar-refractivity contribution in [3.63, 3.8) is 0 Å². The Labute approximate surface area is 122 Å². The first-order chi connectivity index (χ1) is 9.11. The molecule has 0 saturated heterocycles. The van der Waals surface area contributed by atoms with Gasteiger partial charge < -0.3 is 10.2 Å². The van der Waals surface area contributed by atoms with Crippen LogP contribution in [0.1, 0.15) is 23.1 Å². The quantitative estimate of drug-likeness (QED) is 0.916. The number of halogens is 1. The maximum Gasteiger partial charge on any atom is 0.122 e. The third-order valence-electron chi connectivity index (χ3n) is 3.22. The number of nitrogens with two attached hydrogens (primary N) is 1. The molecule has 2 aromatic rings. The highest BCUT2D eigenvalue weighted by Crippen LogP contribution is 2.24. The molecular weight excluding hydrogens is 304 g/mol. The zero-order valence-corrected chi connectivity index (χ0v) is 12.9. The van der Waals surface area contributed by atoms with E-state index in [4.69, 9.17) is 10.2 Å². The molecular formula is C15H19BrN2O. The first-order valence-electron chi connectivity index (χ1n) is 6.32. The van der Waals surface area contributed by atoms with E-state index in [1.54, 1.807) is 0 Å². The van der Waals surface area contributed by atoms with E-state index in [2.05, 4.69) is 40.0 Å². The summed E-state index contributed by atoms with van der Waals surface area (Å²) in [5.74, 6) is 1.84. The highest BCUT2D eigenvalue weighted by atomic mass is 79.9. The molecule has 0 amide bonds. The molecule has 0 fully saturated rings. The second-order valence-corrected chi connectivity index (χ2v) is 5.56. The normalized spacial score (nSPS) is 12.9. The van der Waals surface area contributed by atoms with E-state index < -0.39 is 0 Å². The van der Waals surface area contributed by atoms with Crippen LogP contribution in [0.4, 0.5) is 0 Å². The fourth-order valence-corrected chi connectivity index (χ4v) is 2.56. The van der Waals surface area contributed by atoms with Gasteiger partial charge in [0.2, 0.25) is 0 Å². The lowest BCUT2D eigenvalue weighted by atomic mass is 10.1. The third-order valence-corrected chi connectivity index (χ3v) is 4.00. The topological polar surface area (TPSA) is 42.4 Å². The Morgan fingerprint density at radius 3 is 2.58 bits per heavy atom. The van der Waals surface area contributed by atoms with Crippen LogP contribution in [0, 0.1) is 6.92 Å². The fraction of sp³-hybridized carbons (Fsp3) is 0.333. The number of nitrogens with zero attached hydrogens (tertiary/aromatic N) is 1. The standard InChI is InChI=1S/C15H19BrN2O/c1-11-7-8-15(19-11)14(9-17)18(2)10-12-5-3-4-6-13(12)16/h3-8,14H,9-10,17H2,1-2H3. The van der Waals surface area contributed by atoms with Crippen molar-refractivity contribution in [2.75, 3.05) is 13.6 Å². The largest absolute Gasteiger partial charge is 0.465 e. The zero-order valence-electron chi connectivity index (χ0n) is 11.3. The van der Waals surface area contributed by atoms with Crippen LogP contribution in [0.15, 0.2) is 45.3 Å². The van der Waals surface area contributed by atoms with Crippen molar-refractivity contribution < 1.29 is 4.42 Å². The lowest BCUT2D eigenvalue weighted by Crippen LogP contribution is -2.30. The van der Waals surface area contributed by atoms with Gasteiger partial charge in [0, 0.05) is 17.6 Å². The van der Waals surface area contributed by atoms with Gasteiger partial charge in [-0.2, -0.15) is 0 Å². The fourth-order valence-electron chi connectivity index (χ4n) is 2.15. The van der Waals surface area contributed by atoms with Crippen LogP contribution in [0.5, 0.6) is 0 Å². The van der Waals surface area contributed by atoms with E-state index in [1.807, 2.05) is 31.2 Å². The van der Waals surface area contributed by atoms with Gasteiger partial charge >= 0.3 is 0 Å². The van der Waals surface area contributed by atoms with Gasteiger partial charge in [-0.3, -0.25) is 4.90 Å². The molecule has 1 atom stereocenters. The van der Waals surface area contributed by atoms with Crippen molar-refractivity contribution in [3.05, 3.63) is 58.0 Å². The summed E-state index contributed by atoms with van der Waals surface area (Å²) in [6.45, 7) is 3.31. The predicted molar refractivity (Wildman–Crippen MR) is 80.8 cm³/mol. The van der Waals surface area contributed by atoms with Gasteiger partial charge in [0.1, 0.15) is 11.5 Å². The van der Waals surface area contributed by atoms with E-state index >= 15 is 0 Å². The summed E-state index contributed by atoms with van der Waals surface area (Å²) in [6.07, 6.45) is 0. The Kier molecular flexibility index (Phi) is 4.80. The van der Waals surface area contributed by atoms with E-state index in [9.17, 15) is 0 Å². The van der Waals surface area contributed by atoms with E-state index in [0.29, 0.717) is 6.54 Å². The first-order valence-corrected chi connectivity index (χ1v) is 7.11. The van der Waals surface area contributed by atoms with Crippen LogP contribution in [-0.4, -0.2) is 18.5 Å². The third kappa shape index (κ3) is 3.47. The van der Waals surface area contributed by atoms with Crippen molar-refractivity contribution in [2.24, 2.45) is 5.73 Å². The van der Waals surface area contributed by atoms with Gasteiger partial charge in [-0.05, 0) is 37.7 Å². The van der Waals surface area contributed by atoms with E-state index in [1.165, 1.54) is 5.56 Å². The molecule has 1 aromatic carbocycles. The Morgan fingerprint density at radius 1 is 1.26 bits per heavy atom. The summed E-state index contributed by atoms with van der Waals surface area (Å²) in [5.41, 5.74) is 7.14. The van der Waals surface area contributed by atoms with Gasteiger partial charge in [0.25, 0.3) is 0 Å². The molecule has 2 N–H and O–H groups in total. The van der Waals surface area contributed by atoms with Crippen molar-refractivity contribution in [2.45, 2.75) is 19.5 Å². The maximum absolute atomic E-state index is 5.89. The summed E-state index contributed by atoms with van der Waals surface area (Å²) in [7, 11) is 2.06. The molecule has 0 radical (unpaired) electrons. The smallest absolute Gasteiger partial charge is 0.122 e. The summed E-state index contributed by atoms with van der Waals surface area (Å²) >= 11 is 3.57. The first kappa shape index (κ1) is 14.3. The van der Waals surface area contributed by atoms with Crippen LogP contribution < -0.4 is 5.73 Å². The Hall–Kier alpha value is -1.10. The summed E-state index contributed by atoms with van der Waals surface area (Å²) in [5, 5.41) is 0. The average molecular weight is 323 g/mol. The van der Waals surface area contributed by atoms with E-state index in [0.717, 1.165) is 22.5 Å². The maximum atomic E-state index is 5.89. The minimum Gasteiger partial charge on any atom is -0.465 e. The number of furan rings is 1. The number of hydrogen-bond acceptors (Lipinski definition) is 3. The highest BCUT2D eigenvalue weighted by molar-refractivity contribution is 9.10. The lowest BCUT2D eigenvalue weighted by Gasteiger charge is -2.25. The van der Waals surface area contributed by atoms with Crippen molar-refractivity contribution in [1.82, 2.24) is 4.90 Å². The molecule has 102 valence electrons. The molecule has 1 unspecified atom stereocenters. The Morgan fingerprint density at radius 2 is 2.00 bits per heavy atom. The van der Waals surface area contributed by atoms with Gasteiger partial charge in [0.05, 0.1) is 6.04 Å². The summed E-state index contributed by atoms with van der Waals surface area (Å²) in [6, 6.07) is 12.3. The van der Waals surface area contributed by atoms with Crippen LogP contribution in [-0.2, 0) is 6.54 Å².